The molecule has 0 saturated heterocycles. The number of aromatic nitrogens is 1. The Morgan fingerprint density at radius 1 is 1.38 bits per heavy atom. The van der Waals surface area contributed by atoms with E-state index in [0.717, 1.165) is 19.4 Å². The molecule has 2 heteroatoms. The van der Waals surface area contributed by atoms with Crippen molar-refractivity contribution in [3.8, 4) is 0 Å². The normalized spacial score (nSPS) is 10.0. The molecule has 1 rings (SSSR count). The lowest BCUT2D eigenvalue weighted by molar-refractivity contribution is 0.749. The number of nitrogens with one attached hydrogen (secondary N) is 1. The average Bonchev–Trinajstić information content (AvgIpc) is 2.42. The van der Waals surface area contributed by atoms with Crippen LogP contribution in [0.15, 0.2) is 24.8 Å². The smallest absolute Gasteiger partial charge is 0.0366 e. The second-order valence-corrected chi connectivity index (χ2v) is 3.29. The van der Waals surface area contributed by atoms with E-state index >= 15 is 0 Å². The molecule has 1 aromatic rings. The van der Waals surface area contributed by atoms with Gasteiger partial charge in [-0.3, -0.25) is 4.68 Å². The van der Waals surface area contributed by atoms with Crippen molar-refractivity contribution < 1.29 is 0 Å². The van der Waals surface area contributed by atoms with E-state index in [1.54, 1.807) is 0 Å². The van der Waals surface area contributed by atoms with Gasteiger partial charge in [0.05, 0.1) is 0 Å². The Morgan fingerprint density at radius 3 is 2.54 bits per heavy atom. The van der Waals surface area contributed by atoms with E-state index in [9.17, 15) is 0 Å². The summed E-state index contributed by atoms with van der Waals surface area (Å²) in [6.07, 6.45) is 4.17. The molecule has 2 nitrogen and oxygen atoms in total. The summed E-state index contributed by atoms with van der Waals surface area (Å²) in [5.41, 5.74) is 5.89. The highest BCUT2D eigenvalue weighted by Crippen LogP contribution is 2.03. The number of unbranched alkanes of at least 4 members (excludes halogenated alkanes) is 1. The summed E-state index contributed by atoms with van der Waals surface area (Å²) >= 11 is 0. The molecule has 72 valence electrons. The lowest BCUT2D eigenvalue weighted by atomic mass is 10.3. The van der Waals surface area contributed by atoms with Gasteiger partial charge in [0.15, 0.2) is 0 Å². The first-order valence-electron chi connectivity index (χ1n) is 4.75. The van der Waals surface area contributed by atoms with Gasteiger partial charge in [0.2, 0.25) is 0 Å². The molecule has 0 amide bonds. The summed E-state index contributed by atoms with van der Waals surface area (Å²) in [7, 11) is 0. The molecule has 0 radical (unpaired) electrons. The Balaban J connectivity index is 2.40. The zero-order valence-electron chi connectivity index (χ0n) is 8.51. The van der Waals surface area contributed by atoms with Crippen LogP contribution in [0.25, 0.3) is 0 Å². The van der Waals surface area contributed by atoms with Gasteiger partial charge >= 0.3 is 0 Å². The van der Waals surface area contributed by atoms with E-state index in [2.05, 4.69) is 42.7 Å². The Morgan fingerprint density at radius 2 is 2.00 bits per heavy atom. The number of rotatable bonds is 5. The molecule has 0 aromatic carbocycles. The van der Waals surface area contributed by atoms with Gasteiger partial charge < -0.3 is 5.43 Å². The molecule has 0 spiro atoms. The van der Waals surface area contributed by atoms with Crippen LogP contribution in [0.4, 0.5) is 0 Å². The standard InChI is InChI=1S/C11H18N2/c1-4-5-6-9-12-13-10(2)7-8-11(13)3/h4,7-8,12H,1,5-6,9H2,2-3H3. The monoisotopic (exact) mass is 178 g/mol. The number of allylic oxidation sites excluding steroid dienone is 1. The summed E-state index contributed by atoms with van der Waals surface area (Å²) in [6, 6.07) is 4.24. The highest BCUT2D eigenvalue weighted by Gasteiger charge is 1.97. The summed E-state index contributed by atoms with van der Waals surface area (Å²) in [5.74, 6) is 0. The quantitative estimate of drug-likeness (QED) is 0.541. The van der Waals surface area contributed by atoms with Gasteiger partial charge in [-0.15, -0.1) is 6.58 Å². The minimum absolute atomic E-state index is 1.00. The minimum Gasteiger partial charge on any atom is -0.326 e. The summed E-state index contributed by atoms with van der Waals surface area (Å²) in [4.78, 5) is 0. The SMILES string of the molecule is C=CCCCNn1c(C)ccc1C. The molecule has 1 N–H and O–H groups in total. The lowest BCUT2D eigenvalue weighted by Crippen LogP contribution is -2.18. The van der Waals surface area contributed by atoms with Gasteiger partial charge in [-0.25, -0.2) is 0 Å². The topological polar surface area (TPSA) is 17.0 Å². The first-order chi connectivity index (χ1) is 6.25. The van der Waals surface area contributed by atoms with Crippen molar-refractivity contribution in [2.24, 2.45) is 0 Å². The summed E-state index contributed by atoms with van der Waals surface area (Å²) < 4.78 is 2.13. The van der Waals surface area contributed by atoms with Gasteiger partial charge in [-0.1, -0.05) is 6.08 Å². The predicted octanol–water partition coefficient (Wildman–Crippen LogP) is 2.61. The third kappa shape index (κ3) is 2.65. The highest BCUT2D eigenvalue weighted by molar-refractivity contribution is 5.15. The minimum atomic E-state index is 1.00. The van der Waals surface area contributed by atoms with Crippen LogP contribution in [0, 0.1) is 13.8 Å². The van der Waals surface area contributed by atoms with Crippen LogP contribution in [0.2, 0.25) is 0 Å². The molecule has 0 aliphatic rings. The van der Waals surface area contributed by atoms with Gasteiger partial charge in [-0.2, -0.15) is 0 Å². The molecule has 1 heterocycles. The number of hydrogen-bond acceptors (Lipinski definition) is 1. The third-order valence-electron chi connectivity index (χ3n) is 2.13. The van der Waals surface area contributed by atoms with Crippen molar-refractivity contribution in [2.45, 2.75) is 26.7 Å². The Hall–Kier alpha value is -1.18. The molecule has 0 aliphatic heterocycles. The Kier molecular flexibility index (Phi) is 3.62. The van der Waals surface area contributed by atoms with Crippen LogP contribution in [0.1, 0.15) is 24.2 Å². The fraction of sp³-hybridized carbons (Fsp3) is 0.455. The zero-order valence-corrected chi connectivity index (χ0v) is 8.51. The maximum Gasteiger partial charge on any atom is 0.0366 e. The van der Waals surface area contributed by atoms with E-state index in [1.165, 1.54) is 11.4 Å². The molecule has 0 aliphatic carbocycles. The van der Waals surface area contributed by atoms with Crippen molar-refractivity contribution in [3.63, 3.8) is 0 Å². The van der Waals surface area contributed by atoms with Gasteiger partial charge in [-0.05, 0) is 38.8 Å². The van der Waals surface area contributed by atoms with Crippen molar-refractivity contribution >= 4 is 0 Å². The van der Waals surface area contributed by atoms with E-state index in [0.29, 0.717) is 0 Å². The van der Waals surface area contributed by atoms with E-state index in [-0.39, 0.29) is 0 Å². The summed E-state index contributed by atoms with van der Waals surface area (Å²) in [6.45, 7) is 8.91. The molecule has 0 atom stereocenters. The molecule has 0 fully saturated rings. The van der Waals surface area contributed by atoms with Crippen LogP contribution in [0.3, 0.4) is 0 Å². The first-order valence-corrected chi connectivity index (χ1v) is 4.75. The van der Waals surface area contributed by atoms with Crippen LogP contribution in [0.5, 0.6) is 0 Å². The van der Waals surface area contributed by atoms with Crippen molar-refractivity contribution in [2.75, 3.05) is 12.0 Å². The van der Waals surface area contributed by atoms with Crippen LogP contribution < -0.4 is 5.43 Å². The Labute approximate surface area is 80.2 Å². The van der Waals surface area contributed by atoms with Crippen LogP contribution in [-0.2, 0) is 0 Å². The second-order valence-electron chi connectivity index (χ2n) is 3.29. The van der Waals surface area contributed by atoms with Gasteiger partial charge in [0, 0.05) is 17.9 Å². The van der Waals surface area contributed by atoms with Crippen LogP contribution >= 0.6 is 0 Å². The molecule has 0 unspecified atom stereocenters. The molecular weight excluding hydrogens is 160 g/mol. The fourth-order valence-corrected chi connectivity index (χ4v) is 1.36. The maximum absolute atomic E-state index is 3.70. The molecular formula is C11H18N2. The van der Waals surface area contributed by atoms with Gasteiger partial charge in [0.25, 0.3) is 0 Å². The molecule has 13 heavy (non-hydrogen) atoms. The molecule has 0 bridgehead atoms. The Bertz CT molecular complexity index is 254. The number of nitrogens with zero attached hydrogens (tertiary/aromatic N) is 1. The van der Waals surface area contributed by atoms with Gasteiger partial charge in [0.1, 0.15) is 0 Å². The number of hydrogen-bond donors (Lipinski definition) is 1. The lowest BCUT2D eigenvalue weighted by Gasteiger charge is -2.11. The summed E-state index contributed by atoms with van der Waals surface area (Å²) in [5, 5.41) is 0. The van der Waals surface area contributed by atoms with Crippen molar-refractivity contribution in [1.82, 2.24) is 4.68 Å². The number of aryl methyl sites for hydroxylation is 2. The predicted molar refractivity (Wildman–Crippen MR) is 57.6 cm³/mol. The average molecular weight is 178 g/mol. The van der Waals surface area contributed by atoms with Crippen molar-refractivity contribution in [3.05, 3.63) is 36.2 Å². The zero-order chi connectivity index (χ0) is 9.68. The molecule has 1 aromatic heterocycles. The maximum atomic E-state index is 3.70. The van der Waals surface area contributed by atoms with Crippen LogP contribution in [-0.4, -0.2) is 11.2 Å². The second kappa shape index (κ2) is 4.75. The molecule has 0 saturated carbocycles. The van der Waals surface area contributed by atoms with Crippen molar-refractivity contribution in [1.29, 1.82) is 0 Å². The van der Waals surface area contributed by atoms with E-state index < -0.39 is 0 Å². The van der Waals surface area contributed by atoms with E-state index in [1.807, 2.05) is 6.08 Å². The largest absolute Gasteiger partial charge is 0.326 e. The third-order valence-corrected chi connectivity index (χ3v) is 2.13. The first kappa shape index (κ1) is 9.90. The fourth-order valence-electron chi connectivity index (χ4n) is 1.36. The highest BCUT2D eigenvalue weighted by atomic mass is 15.4. The van der Waals surface area contributed by atoms with E-state index in [4.69, 9.17) is 0 Å².